The van der Waals surface area contributed by atoms with Crippen molar-refractivity contribution in [2.24, 2.45) is 17.9 Å². The van der Waals surface area contributed by atoms with E-state index in [0.29, 0.717) is 64.5 Å². The molecule has 3 aliphatic heterocycles. The number of hydrogen-bond acceptors (Lipinski definition) is 16. The minimum absolute atomic E-state index is 0.0414. The number of nitrogens with one attached hydrogen (secondary N) is 1. The molecule has 18 heteroatoms. The van der Waals surface area contributed by atoms with E-state index in [1.54, 1.807) is 18.5 Å². The lowest BCUT2D eigenvalue weighted by atomic mass is 9.63. The quantitative estimate of drug-likeness (QED) is 0.143. The van der Waals surface area contributed by atoms with Crippen LogP contribution in [0.5, 0.6) is 17.5 Å². The summed E-state index contributed by atoms with van der Waals surface area (Å²) in [5, 5.41) is 23.6. The molecule has 66 heavy (non-hydrogen) atoms. The molecule has 17 nitrogen and oxygen atoms in total. The van der Waals surface area contributed by atoms with Crippen LogP contribution in [0.4, 0.5) is 10.7 Å². The Labute approximate surface area is 384 Å². The standard InChI is InChI=1S/C48H50N12O5S/c1-58-34-18-28(6-7-30(34)40(56-58)32-8-9-36(61)53-45(32)62)60-24-46(25-60)14-16-59(17-15-46)23-47(12-13-47)26-63-37-19-38(64-29-21-51-27-52-22-29)55-44(54-37)41-31-4-2-10-48(42(31)65-57-41)11-3-5-35-39(48)33(20-49)43(50)66-35/h6-7,18-19,21-22,27,32H,2-5,8-17,23-26,50H2,1H3,(H,53,61,62)/t32?,48-/m0/s1. The number of imide groups is 1. The van der Waals surface area contributed by atoms with Crippen LogP contribution >= 0.6 is 11.3 Å². The molecule has 2 atom stereocenters. The molecule has 1 aromatic carbocycles. The molecule has 12 rings (SSSR count). The smallest absolute Gasteiger partial charge is 0.235 e. The second-order valence-corrected chi connectivity index (χ2v) is 20.7. The monoisotopic (exact) mass is 906 g/mol. The number of likely N-dealkylation sites (tertiary alicyclic amines) is 1. The van der Waals surface area contributed by atoms with Crippen LogP contribution in [-0.2, 0) is 34.9 Å². The molecule has 0 radical (unpaired) electrons. The maximum Gasteiger partial charge on any atom is 0.235 e. The van der Waals surface area contributed by atoms with Gasteiger partial charge in [-0.05, 0) is 107 Å². The van der Waals surface area contributed by atoms with E-state index in [0.717, 1.165) is 130 Å². The average molecular weight is 907 g/mol. The predicted molar refractivity (Wildman–Crippen MR) is 243 cm³/mol. The van der Waals surface area contributed by atoms with E-state index in [2.05, 4.69) is 54.5 Å². The van der Waals surface area contributed by atoms with Crippen LogP contribution in [0, 0.1) is 22.2 Å². The summed E-state index contributed by atoms with van der Waals surface area (Å²) in [6.45, 7) is 5.64. The number of benzene rings is 1. The molecule has 8 heterocycles. The molecule has 1 saturated carbocycles. The first kappa shape index (κ1) is 41.0. The van der Waals surface area contributed by atoms with Gasteiger partial charge in [0.25, 0.3) is 0 Å². The van der Waals surface area contributed by atoms with Gasteiger partial charge in [-0.25, -0.2) is 9.97 Å². The number of rotatable bonds is 10. The molecule has 6 aliphatic rings. The third kappa shape index (κ3) is 6.97. The Kier molecular flexibility index (Phi) is 9.68. The van der Waals surface area contributed by atoms with Crippen molar-refractivity contribution >= 4 is 44.7 Å². The van der Waals surface area contributed by atoms with Crippen LogP contribution in [0.2, 0.25) is 0 Å². The molecule has 0 bridgehead atoms. The zero-order chi connectivity index (χ0) is 44.8. The van der Waals surface area contributed by atoms with Gasteiger partial charge in [0.1, 0.15) is 17.4 Å². The average Bonchev–Trinajstić information content (AvgIpc) is 3.59. The van der Waals surface area contributed by atoms with Gasteiger partial charge < -0.3 is 29.5 Å². The number of nitrogen functional groups attached to an aromatic ring is 1. The van der Waals surface area contributed by atoms with E-state index in [9.17, 15) is 14.9 Å². The van der Waals surface area contributed by atoms with Crippen LogP contribution in [0.15, 0.2) is 47.5 Å². The second-order valence-electron chi connectivity index (χ2n) is 19.6. The number of carbonyl (C=O) groups excluding carboxylic acids is 2. The van der Waals surface area contributed by atoms with Gasteiger partial charge in [-0.2, -0.15) is 20.3 Å². The molecular formula is C48H50N12O5S. The highest BCUT2D eigenvalue weighted by Gasteiger charge is 2.51. The molecule has 2 amide bonds. The first-order valence-corrected chi connectivity index (χ1v) is 24.0. The number of thiophene rings is 1. The van der Waals surface area contributed by atoms with Gasteiger partial charge in [0.15, 0.2) is 23.0 Å². The number of amides is 2. The Morgan fingerprint density at radius 2 is 1.79 bits per heavy atom. The van der Waals surface area contributed by atoms with Crippen molar-refractivity contribution in [2.75, 3.05) is 50.0 Å². The van der Waals surface area contributed by atoms with Crippen molar-refractivity contribution in [1.82, 2.24) is 45.1 Å². The number of aromatic nitrogens is 7. The minimum Gasteiger partial charge on any atom is -0.477 e. The van der Waals surface area contributed by atoms with Gasteiger partial charge in [0.05, 0.1) is 53.2 Å². The molecule has 3 aliphatic carbocycles. The van der Waals surface area contributed by atoms with Crippen molar-refractivity contribution in [3.63, 3.8) is 0 Å². The Balaban J connectivity index is 0.723. The van der Waals surface area contributed by atoms with Gasteiger partial charge in [-0.15, -0.1) is 11.3 Å². The zero-order valence-corrected chi connectivity index (χ0v) is 37.7. The maximum atomic E-state index is 12.7. The minimum atomic E-state index is -0.465. The van der Waals surface area contributed by atoms with Crippen molar-refractivity contribution < 1.29 is 23.6 Å². The summed E-state index contributed by atoms with van der Waals surface area (Å²) in [4.78, 5) is 48.7. The van der Waals surface area contributed by atoms with E-state index in [1.807, 2.05) is 11.7 Å². The summed E-state index contributed by atoms with van der Waals surface area (Å²) in [7, 11) is 1.92. The first-order valence-electron chi connectivity index (χ1n) is 23.1. The van der Waals surface area contributed by atoms with Crippen LogP contribution in [-0.4, -0.2) is 90.9 Å². The number of nitrogens with zero attached hydrogens (tertiary/aromatic N) is 10. The highest BCUT2D eigenvalue weighted by atomic mass is 32.1. The molecule has 3 saturated heterocycles. The zero-order valence-electron chi connectivity index (χ0n) is 36.8. The molecule has 3 N–H and O–H groups in total. The number of anilines is 2. The number of nitriles is 1. The van der Waals surface area contributed by atoms with Crippen molar-refractivity contribution in [3.8, 4) is 35.1 Å². The van der Waals surface area contributed by atoms with Gasteiger partial charge >= 0.3 is 0 Å². The topological polar surface area (TPSA) is 216 Å². The fourth-order valence-corrected chi connectivity index (χ4v) is 12.8. The fraction of sp³-hybridized carbons (Fsp3) is 0.479. The summed E-state index contributed by atoms with van der Waals surface area (Å²) in [6, 6.07) is 10.6. The number of ether oxygens (including phenoxy) is 2. The lowest BCUT2D eigenvalue weighted by Gasteiger charge is -2.55. The summed E-state index contributed by atoms with van der Waals surface area (Å²) in [6.07, 6.45) is 15.2. The van der Waals surface area contributed by atoms with Crippen molar-refractivity contribution in [1.29, 1.82) is 5.26 Å². The second kappa shape index (κ2) is 15.6. The number of fused-ring (bicyclic) bond motifs is 5. The molecule has 2 spiro atoms. The van der Waals surface area contributed by atoms with E-state index in [-0.39, 0.29) is 17.2 Å². The number of carbonyl (C=O) groups is 2. The lowest BCUT2D eigenvalue weighted by Crippen LogP contribution is -2.60. The van der Waals surface area contributed by atoms with E-state index in [4.69, 9.17) is 34.8 Å². The number of aryl methyl sites for hydroxylation is 2. The summed E-state index contributed by atoms with van der Waals surface area (Å²) in [5.74, 6) is 1.39. The Hall–Kier alpha value is -6.45. The van der Waals surface area contributed by atoms with Crippen LogP contribution < -0.4 is 25.4 Å². The number of nitrogens with two attached hydrogens (primary N) is 1. The van der Waals surface area contributed by atoms with Gasteiger partial charge in [0.2, 0.25) is 23.6 Å². The van der Waals surface area contributed by atoms with Crippen LogP contribution in [0.3, 0.4) is 0 Å². The fourth-order valence-electron chi connectivity index (χ4n) is 11.7. The summed E-state index contributed by atoms with van der Waals surface area (Å²) >= 11 is 1.53. The molecule has 6 aromatic rings. The SMILES string of the molecule is Cn1nc(C2CCC(=O)NC2=O)c2ccc(N3CC4(CCN(CC5(COc6cc(Oc7cncnc7)nc(-c7noc8c7CCC[C@@]87CCCc8sc(N)c(C#N)c87)n6)CC5)CC4)C3)cc21. The van der Waals surface area contributed by atoms with E-state index < -0.39 is 11.3 Å². The van der Waals surface area contributed by atoms with Crippen LogP contribution in [0.1, 0.15) is 103 Å². The van der Waals surface area contributed by atoms with Crippen molar-refractivity contribution in [3.05, 3.63) is 76.0 Å². The first-order chi connectivity index (χ1) is 32.1. The predicted octanol–water partition coefficient (Wildman–Crippen LogP) is 6.36. The summed E-state index contributed by atoms with van der Waals surface area (Å²) < 4.78 is 20.9. The highest BCUT2D eigenvalue weighted by Crippen LogP contribution is 2.55. The van der Waals surface area contributed by atoms with Gasteiger partial charge in [-0.1, -0.05) is 5.16 Å². The van der Waals surface area contributed by atoms with Crippen molar-refractivity contribution in [2.45, 2.75) is 88.4 Å². The number of hydrogen-bond donors (Lipinski definition) is 2. The normalized spacial score (nSPS) is 23.0. The Bertz CT molecular complexity index is 2950. The molecule has 5 aromatic heterocycles. The molecule has 338 valence electrons. The van der Waals surface area contributed by atoms with Gasteiger partial charge in [0, 0.05) is 65.4 Å². The lowest BCUT2D eigenvalue weighted by molar-refractivity contribution is -0.134. The number of piperidine rings is 2. The van der Waals surface area contributed by atoms with E-state index in [1.165, 1.54) is 28.2 Å². The van der Waals surface area contributed by atoms with E-state index >= 15 is 0 Å². The molecule has 1 unspecified atom stereocenters. The highest BCUT2D eigenvalue weighted by molar-refractivity contribution is 7.16. The maximum absolute atomic E-state index is 12.7. The molecular weight excluding hydrogens is 857 g/mol. The third-order valence-corrected chi connectivity index (χ3v) is 16.4. The largest absolute Gasteiger partial charge is 0.477 e. The van der Waals surface area contributed by atoms with Gasteiger partial charge in [-0.3, -0.25) is 19.6 Å². The Morgan fingerprint density at radius 3 is 2.56 bits per heavy atom. The summed E-state index contributed by atoms with van der Waals surface area (Å²) in [5.41, 5.74) is 12.3. The van der Waals surface area contributed by atoms with Crippen LogP contribution in [0.25, 0.3) is 22.4 Å². The molecule has 4 fully saturated rings. The third-order valence-electron chi connectivity index (χ3n) is 15.3. The Morgan fingerprint density at radius 1 is 1.00 bits per heavy atom.